The minimum Gasteiger partial charge on any atom is -0.305 e. The van der Waals surface area contributed by atoms with Crippen molar-refractivity contribution in [1.82, 2.24) is 0 Å². The summed E-state index contributed by atoms with van der Waals surface area (Å²) in [6.07, 6.45) is 6.28. The van der Waals surface area contributed by atoms with Crippen LogP contribution in [-0.4, -0.2) is 6.61 Å². The SMILES string of the molecule is ISOCCCCCCc1ccccc1. The van der Waals surface area contributed by atoms with Gasteiger partial charge >= 0.3 is 0 Å². The Hall–Kier alpha value is 0.260. The normalized spacial score (nSPS) is 10.5. The molecule has 0 unspecified atom stereocenters. The van der Waals surface area contributed by atoms with Crippen molar-refractivity contribution < 1.29 is 4.18 Å². The Labute approximate surface area is 109 Å². The maximum Gasteiger partial charge on any atom is 0.0650 e. The van der Waals surface area contributed by atoms with Crippen molar-refractivity contribution in [3.8, 4) is 0 Å². The molecule has 1 aromatic carbocycles. The maximum absolute atomic E-state index is 5.20. The fraction of sp³-hybridized carbons (Fsp3) is 0.500. The molecule has 15 heavy (non-hydrogen) atoms. The van der Waals surface area contributed by atoms with Crippen LogP contribution in [0.1, 0.15) is 31.2 Å². The first kappa shape index (κ1) is 13.3. The molecule has 0 saturated carbocycles. The monoisotopic (exact) mass is 336 g/mol. The van der Waals surface area contributed by atoms with Crippen LogP contribution in [0.4, 0.5) is 0 Å². The Bertz CT molecular complexity index is 241. The van der Waals surface area contributed by atoms with Crippen molar-refractivity contribution in [2.75, 3.05) is 6.61 Å². The van der Waals surface area contributed by atoms with Gasteiger partial charge in [0.2, 0.25) is 0 Å². The van der Waals surface area contributed by atoms with E-state index in [4.69, 9.17) is 4.18 Å². The zero-order valence-corrected chi connectivity index (χ0v) is 11.8. The minimum atomic E-state index is 0.888. The van der Waals surface area contributed by atoms with E-state index in [2.05, 4.69) is 51.5 Å². The summed E-state index contributed by atoms with van der Waals surface area (Å²) in [4.78, 5) is 0. The van der Waals surface area contributed by atoms with E-state index in [0.29, 0.717) is 0 Å². The molecular weight excluding hydrogens is 319 g/mol. The zero-order chi connectivity index (χ0) is 10.8. The number of rotatable bonds is 8. The van der Waals surface area contributed by atoms with Crippen molar-refractivity contribution in [1.29, 1.82) is 0 Å². The van der Waals surface area contributed by atoms with E-state index in [1.807, 2.05) is 0 Å². The van der Waals surface area contributed by atoms with Gasteiger partial charge in [-0.2, -0.15) is 0 Å². The first-order valence-corrected chi connectivity index (χ1v) is 8.66. The molecule has 0 spiro atoms. The zero-order valence-electron chi connectivity index (χ0n) is 8.82. The highest BCUT2D eigenvalue weighted by Crippen LogP contribution is 2.13. The highest BCUT2D eigenvalue weighted by molar-refractivity contribution is 14.2. The molecule has 1 aromatic rings. The Morgan fingerprint density at radius 1 is 1.00 bits per heavy atom. The molecule has 0 aliphatic carbocycles. The maximum atomic E-state index is 5.20. The second kappa shape index (κ2) is 9.48. The topological polar surface area (TPSA) is 9.23 Å². The first-order chi connectivity index (χ1) is 7.43. The average Bonchev–Trinajstić information content (AvgIpc) is 2.29. The molecule has 0 aliphatic heterocycles. The van der Waals surface area contributed by atoms with Crippen molar-refractivity contribution in [3.05, 3.63) is 35.9 Å². The van der Waals surface area contributed by atoms with Crippen LogP contribution in [0.15, 0.2) is 30.3 Å². The van der Waals surface area contributed by atoms with Crippen LogP contribution in [0.5, 0.6) is 0 Å². The second-order valence-electron chi connectivity index (χ2n) is 3.53. The summed E-state index contributed by atoms with van der Waals surface area (Å²) in [5.74, 6) is 0. The Morgan fingerprint density at radius 2 is 1.73 bits per heavy atom. The third-order valence-corrected chi connectivity index (χ3v) is 3.35. The molecule has 1 nitrogen and oxygen atoms in total. The summed E-state index contributed by atoms with van der Waals surface area (Å²) in [5, 5.41) is 0. The molecule has 0 atom stereocenters. The Morgan fingerprint density at radius 3 is 2.47 bits per heavy atom. The second-order valence-corrected chi connectivity index (χ2v) is 4.98. The number of hydrogen-bond acceptors (Lipinski definition) is 2. The minimum absolute atomic E-state index is 0.888. The molecule has 0 aliphatic rings. The van der Waals surface area contributed by atoms with E-state index in [1.165, 1.54) is 46.9 Å². The van der Waals surface area contributed by atoms with E-state index < -0.39 is 0 Å². The van der Waals surface area contributed by atoms with E-state index in [1.54, 1.807) is 0 Å². The quantitative estimate of drug-likeness (QED) is 0.383. The van der Waals surface area contributed by atoms with Gasteiger partial charge in [0, 0.05) is 21.2 Å². The third kappa shape index (κ3) is 7.19. The van der Waals surface area contributed by atoms with Gasteiger partial charge in [-0.25, -0.2) is 0 Å². The lowest BCUT2D eigenvalue weighted by atomic mass is 10.1. The summed E-state index contributed by atoms with van der Waals surface area (Å²) >= 11 is 2.16. The number of unbranched alkanes of at least 4 members (excludes halogenated alkanes) is 3. The first-order valence-electron chi connectivity index (χ1n) is 5.37. The highest BCUT2D eigenvalue weighted by Gasteiger charge is 1.93. The molecule has 0 fully saturated rings. The predicted molar refractivity (Wildman–Crippen MR) is 76.2 cm³/mol. The van der Waals surface area contributed by atoms with Gasteiger partial charge in [0.1, 0.15) is 0 Å². The largest absolute Gasteiger partial charge is 0.305 e. The molecule has 0 aromatic heterocycles. The number of aryl methyl sites for hydroxylation is 1. The van der Waals surface area contributed by atoms with Crippen molar-refractivity contribution in [2.45, 2.75) is 32.1 Å². The summed E-state index contributed by atoms with van der Waals surface area (Å²) in [5.41, 5.74) is 1.46. The smallest absolute Gasteiger partial charge is 0.0650 e. The Kier molecular flexibility index (Phi) is 8.42. The van der Waals surface area contributed by atoms with Gasteiger partial charge in [0.25, 0.3) is 0 Å². The van der Waals surface area contributed by atoms with Crippen molar-refractivity contribution in [3.63, 3.8) is 0 Å². The lowest BCUT2D eigenvalue weighted by Crippen LogP contribution is -1.88. The molecule has 0 heterocycles. The van der Waals surface area contributed by atoms with Gasteiger partial charge in [-0.15, -0.1) is 0 Å². The van der Waals surface area contributed by atoms with Gasteiger partial charge < -0.3 is 4.18 Å². The van der Waals surface area contributed by atoms with E-state index >= 15 is 0 Å². The van der Waals surface area contributed by atoms with Crippen LogP contribution in [-0.2, 0) is 10.6 Å². The molecule has 0 radical (unpaired) electrons. The number of benzene rings is 1. The molecule has 3 heteroatoms. The summed E-state index contributed by atoms with van der Waals surface area (Å²) in [6, 6.07) is 10.7. The van der Waals surface area contributed by atoms with E-state index in [9.17, 15) is 0 Å². The average molecular weight is 336 g/mol. The van der Waals surface area contributed by atoms with Crippen LogP contribution in [0.2, 0.25) is 0 Å². The molecular formula is C12H17IOS. The van der Waals surface area contributed by atoms with Gasteiger partial charge in [-0.3, -0.25) is 0 Å². The highest BCUT2D eigenvalue weighted by atomic mass is 127. The van der Waals surface area contributed by atoms with E-state index in [-0.39, 0.29) is 0 Å². The van der Waals surface area contributed by atoms with Gasteiger partial charge in [0.05, 0.1) is 15.8 Å². The van der Waals surface area contributed by atoms with Crippen molar-refractivity contribution in [2.24, 2.45) is 0 Å². The lowest BCUT2D eigenvalue weighted by Gasteiger charge is -2.01. The molecule has 0 amide bonds. The molecule has 1 rings (SSSR count). The predicted octanol–water partition coefficient (Wildman–Crippen LogP) is 4.80. The fourth-order valence-corrected chi connectivity index (χ4v) is 2.24. The van der Waals surface area contributed by atoms with Gasteiger partial charge in [0.15, 0.2) is 0 Å². The summed E-state index contributed by atoms with van der Waals surface area (Å²) < 4.78 is 5.20. The van der Waals surface area contributed by atoms with Crippen LogP contribution in [0.25, 0.3) is 0 Å². The summed E-state index contributed by atoms with van der Waals surface area (Å²) in [7, 11) is 1.43. The third-order valence-electron chi connectivity index (χ3n) is 2.33. The summed E-state index contributed by atoms with van der Waals surface area (Å²) in [6.45, 7) is 0.888. The lowest BCUT2D eigenvalue weighted by molar-refractivity contribution is 0.361. The van der Waals surface area contributed by atoms with Crippen molar-refractivity contribution >= 4 is 30.4 Å². The van der Waals surface area contributed by atoms with Gasteiger partial charge in [-0.1, -0.05) is 43.2 Å². The standard InChI is InChI=1S/C12H17IOS/c13-15-14-11-7-2-1-4-8-12-9-5-3-6-10-12/h3,5-6,9-10H,1-2,4,7-8,11H2. The molecule has 0 bridgehead atoms. The Balaban J connectivity index is 1.93. The number of hydrogen-bond donors (Lipinski definition) is 0. The van der Waals surface area contributed by atoms with Crippen LogP contribution < -0.4 is 0 Å². The molecule has 0 saturated heterocycles. The van der Waals surface area contributed by atoms with Crippen LogP contribution >= 0.6 is 30.4 Å². The van der Waals surface area contributed by atoms with Crippen LogP contribution in [0.3, 0.4) is 0 Å². The van der Waals surface area contributed by atoms with E-state index in [0.717, 1.165) is 6.61 Å². The molecule has 0 N–H and O–H groups in total. The van der Waals surface area contributed by atoms with Crippen LogP contribution in [0, 0.1) is 0 Å². The van der Waals surface area contributed by atoms with Gasteiger partial charge in [-0.05, 0) is 24.8 Å². The fourth-order valence-electron chi connectivity index (χ4n) is 1.52. The molecule has 84 valence electrons. The number of halogens is 1.